The highest BCUT2D eigenvalue weighted by molar-refractivity contribution is 5.97. The fourth-order valence-electron chi connectivity index (χ4n) is 6.88. The van der Waals surface area contributed by atoms with Crippen molar-refractivity contribution >= 4 is 23.7 Å². The predicted molar refractivity (Wildman–Crippen MR) is 137 cm³/mol. The summed E-state index contributed by atoms with van der Waals surface area (Å²) in [5.74, 6) is -1.75. The number of carboxylic acids is 1. The molecule has 1 aromatic rings. The SMILES string of the molecule is CC(C)(C)[C@H](NC(=O)[C@@H](NC(=O)c1cnccn1)C1CCCCC1)C(=O)N1C[C@@H]2C3C=C[C@@H]3[C@@H]2C1C(=O)O. The van der Waals surface area contributed by atoms with Gasteiger partial charge in [0.2, 0.25) is 11.8 Å². The zero-order valence-electron chi connectivity index (χ0n) is 22.2. The van der Waals surface area contributed by atoms with Crippen molar-refractivity contribution in [1.29, 1.82) is 0 Å². The summed E-state index contributed by atoms with van der Waals surface area (Å²) >= 11 is 0. The Labute approximate surface area is 222 Å². The molecule has 0 radical (unpaired) electrons. The van der Waals surface area contributed by atoms with Crippen molar-refractivity contribution in [2.75, 3.05) is 6.54 Å². The number of hydrogen-bond acceptors (Lipinski definition) is 6. The van der Waals surface area contributed by atoms with Gasteiger partial charge in [-0.3, -0.25) is 19.4 Å². The van der Waals surface area contributed by atoms with Gasteiger partial charge in [0.25, 0.3) is 5.91 Å². The van der Waals surface area contributed by atoms with Gasteiger partial charge in [0, 0.05) is 24.9 Å². The van der Waals surface area contributed by atoms with Gasteiger partial charge in [0.05, 0.1) is 6.20 Å². The lowest BCUT2D eigenvalue weighted by Gasteiger charge is -2.51. The number of carboxylic acid groups (broad SMARTS) is 1. The van der Waals surface area contributed by atoms with E-state index in [1.807, 2.05) is 26.8 Å². The van der Waals surface area contributed by atoms with Crippen molar-refractivity contribution in [1.82, 2.24) is 25.5 Å². The molecule has 1 saturated heterocycles. The standard InChI is InChI=1S/C28H37N5O5/c1-28(2,3)23(26(36)33-14-18-16-9-10-17(16)20(18)22(33)27(37)38)32-25(35)21(15-7-5-4-6-8-15)31-24(34)19-13-29-11-12-30-19/h9-13,15-18,20-23H,4-8,14H2,1-3H3,(H,31,34)(H,32,35)(H,37,38)/t16?,17-,18+,20-,21-,22?,23+/m0/s1. The molecular formula is C28H37N5O5. The average molecular weight is 524 g/mol. The number of likely N-dealkylation sites (tertiary alicyclic amines) is 1. The van der Waals surface area contributed by atoms with Gasteiger partial charge in [0.15, 0.2) is 0 Å². The van der Waals surface area contributed by atoms with Crippen molar-refractivity contribution in [3.8, 4) is 0 Å². The Bertz CT molecular complexity index is 1130. The summed E-state index contributed by atoms with van der Waals surface area (Å²) in [6, 6.07) is -2.68. The first kappa shape index (κ1) is 26.3. The number of aromatic nitrogens is 2. The number of allylic oxidation sites excluding steroid dienone is 2. The molecule has 204 valence electrons. The minimum Gasteiger partial charge on any atom is -0.480 e. The van der Waals surface area contributed by atoms with Crippen molar-refractivity contribution in [2.24, 2.45) is 35.0 Å². The van der Waals surface area contributed by atoms with Crippen LogP contribution in [0.25, 0.3) is 0 Å². The second-order valence-corrected chi connectivity index (χ2v) is 12.3. The lowest BCUT2D eigenvalue weighted by molar-refractivity contribution is -0.153. The largest absolute Gasteiger partial charge is 0.480 e. The lowest BCUT2D eigenvalue weighted by atomic mass is 9.51. The molecule has 38 heavy (non-hydrogen) atoms. The van der Waals surface area contributed by atoms with Gasteiger partial charge in [-0.05, 0) is 41.9 Å². The van der Waals surface area contributed by atoms with E-state index in [2.05, 4.69) is 26.7 Å². The zero-order valence-corrected chi connectivity index (χ0v) is 22.2. The molecule has 0 aromatic carbocycles. The first-order valence-electron chi connectivity index (χ1n) is 13.7. The van der Waals surface area contributed by atoms with Crippen LogP contribution in [0.2, 0.25) is 0 Å². The quantitative estimate of drug-likeness (QED) is 0.464. The summed E-state index contributed by atoms with van der Waals surface area (Å²) in [5.41, 5.74) is -0.564. The maximum Gasteiger partial charge on any atom is 0.326 e. The Kier molecular flexibility index (Phi) is 7.00. The summed E-state index contributed by atoms with van der Waals surface area (Å²) in [7, 11) is 0. The van der Waals surface area contributed by atoms with Crippen LogP contribution in [0.15, 0.2) is 30.7 Å². The lowest BCUT2D eigenvalue weighted by Crippen LogP contribution is -2.61. The summed E-state index contributed by atoms with van der Waals surface area (Å²) < 4.78 is 0. The Morgan fingerprint density at radius 1 is 1.03 bits per heavy atom. The van der Waals surface area contributed by atoms with Gasteiger partial charge >= 0.3 is 5.97 Å². The molecule has 3 fully saturated rings. The number of fused-ring (bicyclic) bond motifs is 4. The fraction of sp³-hybridized carbons (Fsp3) is 0.643. The summed E-state index contributed by atoms with van der Waals surface area (Å²) in [4.78, 5) is 62.5. The summed E-state index contributed by atoms with van der Waals surface area (Å²) in [6.45, 7) is 5.95. The van der Waals surface area contributed by atoms with Crippen LogP contribution in [-0.4, -0.2) is 68.3 Å². The Hall–Kier alpha value is -3.30. The van der Waals surface area contributed by atoms with E-state index in [-0.39, 0.29) is 35.3 Å². The molecule has 2 unspecified atom stereocenters. The van der Waals surface area contributed by atoms with Crippen LogP contribution in [0.3, 0.4) is 0 Å². The molecule has 0 spiro atoms. The first-order valence-corrected chi connectivity index (χ1v) is 13.7. The Morgan fingerprint density at radius 3 is 2.32 bits per heavy atom. The number of nitrogens with zero attached hydrogens (tertiary/aromatic N) is 3. The molecule has 3 aliphatic carbocycles. The van der Waals surface area contributed by atoms with E-state index in [9.17, 15) is 24.3 Å². The molecule has 3 N–H and O–H groups in total. The molecular weight excluding hydrogens is 486 g/mol. The highest BCUT2D eigenvalue weighted by Crippen LogP contribution is 2.59. The van der Waals surface area contributed by atoms with E-state index in [1.54, 1.807) is 0 Å². The van der Waals surface area contributed by atoms with Gasteiger partial charge in [0.1, 0.15) is 23.8 Å². The van der Waals surface area contributed by atoms with Crippen molar-refractivity contribution in [3.05, 3.63) is 36.4 Å². The highest BCUT2D eigenvalue weighted by atomic mass is 16.4. The van der Waals surface area contributed by atoms with Crippen LogP contribution >= 0.6 is 0 Å². The zero-order chi connectivity index (χ0) is 27.2. The second-order valence-electron chi connectivity index (χ2n) is 12.3. The number of hydrogen-bond donors (Lipinski definition) is 3. The molecule has 5 rings (SSSR count). The Balaban J connectivity index is 1.36. The fourth-order valence-corrected chi connectivity index (χ4v) is 6.88. The third-order valence-electron chi connectivity index (χ3n) is 8.96. The molecule has 0 bridgehead atoms. The van der Waals surface area contributed by atoms with E-state index < -0.39 is 41.3 Å². The predicted octanol–water partition coefficient (Wildman–Crippen LogP) is 2.03. The monoisotopic (exact) mass is 523 g/mol. The number of amides is 3. The molecule has 1 aromatic heterocycles. The topological polar surface area (TPSA) is 142 Å². The van der Waals surface area contributed by atoms with Gasteiger partial charge in [-0.15, -0.1) is 0 Å². The number of nitrogens with one attached hydrogen (secondary N) is 2. The van der Waals surface area contributed by atoms with Crippen molar-refractivity contribution in [3.63, 3.8) is 0 Å². The summed E-state index contributed by atoms with van der Waals surface area (Å²) in [6.07, 6.45) is 13.0. The smallest absolute Gasteiger partial charge is 0.326 e. The third kappa shape index (κ3) is 4.69. The van der Waals surface area contributed by atoms with E-state index in [4.69, 9.17) is 0 Å². The Morgan fingerprint density at radius 2 is 1.74 bits per heavy atom. The molecule has 4 aliphatic rings. The van der Waals surface area contributed by atoms with Crippen LogP contribution < -0.4 is 10.6 Å². The number of carbonyl (C=O) groups excluding carboxylic acids is 3. The second kappa shape index (κ2) is 10.1. The van der Waals surface area contributed by atoms with Gasteiger partial charge < -0.3 is 20.6 Å². The minimum absolute atomic E-state index is 0.0730. The minimum atomic E-state index is -1.00. The third-order valence-corrected chi connectivity index (χ3v) is 8.96. The molecule has 7 atom stereocenters. The van der Waals surface area contributed by atoms with Crippen LogP contribution in [-0.2, 0) is 14.4 Å². The number of aliphatic carboxylic acids is 1. The summed E-state index contributed by atoms with van der Waals surface area (Å²) in [5, 5.41) is 15.9. The molecule has 3 amide bonds. The van der Waals surface area contributed by atoms with Crippen LogP contribution in [0.1, 0.15) is 63.4 Å². The normalized spacial score (nSPS) is 29.7. The van der Waals surface area contributed by atoms with E-state index in [0.29, 0.717) is 12.5 Å². The average Bonchev–Trinajstić information content (AvgIpc) is 3.20. The van der Waals surface area contributed by atoms with Crippen LogP contribution in [0, 0.1) is 35.0 Å². The molecule has 1 aliphatic heterocycles. The van der Waals surface area contributed by atoms with Gasteiger partial charge in [-0.1, -0.05) is 52.2 Å². The molecule has 2 saturated carbocycles. The van der Waals surface area contributed by atoms with Crippen LogP contribution in [0.4, 0.5) is 0 Å². The van der Waals surface area contributed by atoms with E-state index in [1.165, 1.54) is 23.5 Å². The van der Waals surface area contributed by atoms with Crippen molar-refractivity contribution in [2.45, 2.75) is 71.0 Å². The van der Waals surface area contributed by atoms with Crippen LogP contribution in [0.5, 0.6) is 0 Å². The van der Waals surface area contributed by atoms with E-state index in [0.717, 1.165) is 32.1 Å². The van der Waals surface area contributed by atoms with Crippen molar-refractivity contribution < 1.29 is 24.3 Å². The van der Waals surface area contributed by atoms with Gasteiger partial charge in [-0.2, -0.15) is 0 Å². The highest BCUT2D eigenvalue weighted by Gasteiger charge is 2.64. The maximum atomic E-state index is 14.0. The molecule has 10 heteroatoms. The first-order chi connectivity index (χ1) is 18.1. The van der Waals surface area contributed by atoms with E-state index >= 15 is 0 Å². The van der Waals surface area contributed by atoms with Gasteiger partial charge in [-0.25, -0.2) is 9.78 Å². The maximum absolute atomic E-state index is 14.0. The molecule has 10 nitrogen and oxygen atoms in total. The molecule has 2 heterocycles. The number of carbonyl (C=O) groups is 4. The number of rotatable bonds is 7.